The first-order valence-corrected chi connectivity index (χ1v) is 7.42. The molecule has 1 heterocycles. The molecule has 1 aromatic rings. The van der Waals surface area contributed by atoms with Crippen LogP contribution in [0.4, 0.5) is 8.78 Å². The summed E-state index contributed by atoms with van der Waals surface area (Å²) >= 11 is 3.00. The van der Waals surface area contributed by atoms with Crippen molar-refractivity contribution in [1.82, 2.24) is 5.32 Å². The van der Waals surface area contributed by atoms with E-state index < -0.39 is 11.6 Å². The largest absolute Gasteiger partial charge is 0.376 e. The summed E-state index contributed by atoms with van der Waals surface area (Å²) in [5.41, 5.74) is 0.348. The van der Waals surface area contributed by atoms with E-state index in [1.807, 2.05) is 6.92 Å². The van der Waals surface area contributed by atoms with Crippen molar-refractivity contribution in [3.63, 3.8) is 0 Å². The van der Waals surface area contributed by atoms with E-state index in [9.17, 15) is 8.78 Å². The van der Waals surface area contributed by atoms with Crippen molar-refractivity contribution in [2.45, 2.75) is 38.3 Å². The van der Waals surface area contributed by atoms with Crippen LogP contribution in [0.15, 0.2) is 16.6 Å². The molecule has 1 aliphatic rings. The second-order valence-electron chi connectivity index (χ2n) is 4.77. The molecule has 0 amide bonds. The van der Waals surface area contributed by atoms with E-state index in [1.54, 1.807) is 0 Å². The van der Waals surface area contributed by atoms with Gasteiger partial charge in [-0.2, -0.15) is 0 Å². The maximum absolute atomic E-state index is 14.1. The molecular weight excluding hydrogens is 316 g/mol. The second-order valence-corrected chi connectivity index (χ2v) is 5.63. The summed E-state index contributed by atoms with van der Waals surface area (Å²) in [6.07, 6.45) is 2.69. The number of benzene rings is 1. The summed E-state index contributed by atoms with van der Waals surface area (Å²) in [6.45, 7) is 3.48. The lowest BCUT2D eigenvalue weighted by Crippen LogP contribution is -2.33. The molecule has 0 aliphatic carbocycles. The normalized spacial score (nSPS) is 20.7. The second kappa shape index (κ2) is 6.77. The summed E-state index contributed by atoms with van der Waals surface area (Å²) in [7, 11) is 0. The Hall–Kier alpha value is -0.520. The Bertz CT molecular complexity index is 436. The first kappa shape index (κ1) is 14.9. The van der Waals surface area contributed by atoms with Crippen molar-refractivity contribution >= 4 is 15.9 Å². The fraction of sp³-hybridized carbons (Fsp3) is 0.571. The predicted octanol–water partition coefficient (Wildman–Crippen LogP) is 3.95. The van der Waals surface area contributed by atoms with E-state index in [1.165, 1.54) is 12.1 Å². The van der Waals surface area contributed by atoms with Crippen LogP contribution in [0.3, 0.4) is 0 Å². The monoisotopic (exact) mass is 333 g/mol. The van der Waals surface area contributed by atoms with Crippen molar-refractivity contribution in [2.75, 3.05) is 13.2 Å². The molecule has 1 N–H and O–H groups in total. The van der Waals surface area contributed by atoms with Crippen LogP contribution in [0.1, 0.15) is 37.8 Å². The van der Waals surface area contributed by atoms with Gasteiger partial charge in [-0.3, -0.25) is 0 Å². The van der Waals surface area contributed by atoms with Gasteiger partial charge in [0.05, 0.1) is 16.6 Å². The van der Waals surface area contributed by atoms with E-state index in [4.69, 9.17) is 4.74 Å². The van der Waals surface area contributed by atoms with Crippen LogP contribution in [0.5, 0.6) is 0 Å². The van der Waals surface area contributed by atoms with Gasteiger partial charge in [0.1, 0.15) is 11.6 Å². The standard InChI is InChI=1S/C14H18BrF2NO/c1-2-5-18-14(13-4-3-6-19-13)9-7-12(17)10(15)8-11(9)16/h7-8,13-14,18H,2-6H2,1H3. The molecule has 0 aromatic heterocycles. The number of nitrogens with one attached hydrogen (secondary N) is 1. The lowest BCUT2D eigenvalue weighted by Gasteiger charge is -2.25. The summed E-state index contributed by atoms with van der Waals surface area (Å²) in [6, 6.07) is 2.15. The molecule has 1 fully saturated rings. The zero-order valence-corrected chi connectivity index (χ0v) is 12.5. The average molecular weight is 334 g/mol. The van der Waals surface area contributed by atoms with Gasteiger partial charge in [0.15, 0.2) is 0 Å². The van der Waals surface area contributed by atoms with Gasteiger partial charge in [0.2, 0.25) is 0 Å². The fourth-order valence-electron chi connectivity index (χ4n) is 2.38. The molecule has 2 rings (SSSR count). The molecule has 0 spiro atoms. The Morgan fingerprint density at radius 3 is 2.84 bits per heavy atom. The average Bonchev–Trinajstić information content (AvgIpc) is 2.89. The molecule has 19 heavy (non-hydrogen) atoms. The molecule has 2 unspecified atom stereocenters. The zero-order valence-electron chi connectivity index (χ0n) is 10.9. The van der Waals surface area contributed by atoms with Crippen LogP contribution in [0.2, 0.25) is 0 Å². The highest BCUT2D eigenvalue weighted by Crippen LogP contribution is 2.31. The Kier molecular flexibility index (Phi) is 5.30. The quantitative estimate of drug-likeness (QED) is 0.824. The minimum absolute atomic E-state index is 0.0818. The van der Waals surface area contributed by atoms with E-state index in [2.05, 4.69) is 21.2 Å². The Labute approximate surface area is 120 Å². The van der Waals surface area contributed by atoms with Gasteiger partial charge in [-0.25, -0.2) is 8.78 Å². The van der Waals surface area contributed by atoms with Crippen molar-refractivity contribution < 1.29 is 13.5 Å². The van der Waals surface area contributed by atoms with Gasteiger partial charge in [0, 0.05) is 12.2 Å². The number of hydrogen-bond donors (Lipinski definition) is 1. The maximum atomic E-state index is 14.1. The highest BCUT2D eigenvalue weighted by Gasteiger charge is 2.29. The third-order valence-corrected chi connectivity index (χ3v) is 3.93. The fourth-order valence-corrected chi connectivity index (χ4v) is 2.70. The molecule has 0 bridgehead atoms. The van der Waals surface area contributed by atoms with Gasteiger partial charge in [-0.1, -0.05) is 6.92 Å². The van der Waals surface area contributed by atoms with Crippen molar-refractivity contribution in [2.24, 2.45) is 0 Å². The Balaban J connectivity index is 2.28. The molecule has 2 nitrogen and oxygen atoms in total. The van der Waals surface area contributed by atoms with Gasteiger partial charge >= 0.3 is 0 Å². The van der Waals surface area contributed by atoms with Crippen LogP contribution in [-0.4, -0.2) is 19.3 Å². The molecular formula is C14H18BrF2NO. The van der Waals surface area contributed by atoms with Crippen LogP contribution >= 0.6 is 15.9 Å². The van der Waals surface area contributed by atoms with Crippen LogP contribution in [0.25, 0.3) is 0 Å². The van der Waals surface area contributed by atoms with Crippen LogP contribution in [0, 0.1) is 11.6 Å². The number of rotatable bonds is 5. The highest BCUT2D eigenvalue weighted by molar-refractivity contribution is 9.10. The van der Waals surface area contributed by atoms with Crippen molar-refractivity contribution in [3.05, 3.63) is 33.8 Å². The number of halogens is 3. The van der Waals surface area contributed by atoms with E-state index >= 15 is 0 Å². The summed E-state index contributed by atoms with van der Waals surface area (Å²) in [5.74, 6) is -0.852. The Morgan fingerprint density at radius 1 is 1.42 bits per heavy atom. The molecule has 0 saturated carbocycles. The molecule has 106 valence electrons. The zero-order chi connectivity index (χ0) is 13.8. The summed E-state index contributed by atoms with van der Waals surface area (Å²) in [5, 5.41) is 3.27. The third kappa shape index (κ3) is 3.52. The number of hydrogen-bond acceptors (Lipinski definition) is 2. The first-order valence-electron chi connectivity index (χ1n) is 6.63. The van der Waals surface area contributed by atoms with E-state index in [0.29, 0.717) is 12.2 Å². The smallest absolute Gasteiger partial charge is 0.137 e. The first-order chi connectivity index (χ1) is 9.13. The summed E-state index contributed by atoms with van der Waals surface area (Å²) < 4.78 is 33.5. The molecule has 0 radical (unpaired) electrons. The van der Waals surface area contributed by atoms with Crippen LogP contribution < -0.4 is 5.32 Å². The lowest BCUT2D eigenvalue weighted by atomic mass is 9.98. The molecule has 1 aliphatic heterocycles. The van der Waals surface area contributed by atoms with Gasteiger partial charge in [-0.05, 0) is 53.9 Å². The molecule has 5 heteroatoms. The van der Waals surface area contributed by atoms with Crippen molar-refractivity contribution in [1.29, 1.82) is 0 Å². The predicted molar refractivity (Wildman–Crippen MR) is 74.1 cm³/mol. The highest BCUT2D eigenvalue weighted by atomic mass is 79.9. The van der Waals surface area contributed by atoms with Gasteiger partial charge in [-0.15, -0.1) is 0 Å². The van der Waals surface area contributed by atoms with E-state index in [-0.39, 0.29) is 16.6 Å². The molecule has 2 atom stereocenters. The lowest BCUT2D eigenvalue weighted by molar-refractivity contribution is 0.0770. The van der Waals surface area contributed by atoms with Gasteiger partial charge < -0.3 is 10.1 Å². The third-order valence-electron chi connectivity index (χ3n) is 3.33. The van der Waals surface area contributed by atoms with E-state index in [0.717, 1.165) is 25.8 Å². The summed E-state index contributed by atoms with van der Waals surface area (Å²) in [4.78, 5) is 0. The van der Waals surface area contributed by atoms with Crippen LogP contribution in [-0.2, 0) is 4.74 Å². The molecule has 1 aromatic carbocycles. The minimum Gasteiger partial charge on any atom is -0.376 e. The molecule has 1 saturated heterocycles. The Morgan fingerprint density at radius 2 is 2.21 bits per heavy atom. The minimum atomic E-state index is -0.447. The van der Waals surface area contributed by atoms with Gasteiger partial charge in [0.25, 0.3) is 0 Å². The maximum Gasteiger partial charge on any atom is 0.137 e. The van der Waals surface area contributed by atoms with Crippen molar-refractivity contribution in [3.8, 4) is 0 Å². The topological polar surface area (TPSA) is 21.3 Å². The number of ether oxygens (including phenoxy) is 1. The SMILES string of the molecule is CCCNC(c1cc(F)c(Br)cc1F)C1CCCO1.